The molecule has 0 bridgehead atoms. The Hall–Kier alpha value is -2.59. The van der Waals surface area contributed by atoms with E-state index in [2.05, 4.69) is 15.3 Å². The number of amides is 1. The van der Waals surface area contributed by atoms with E-state index in [4.69, 9.17) is 5.53 Å². The fourth-order valence-electron chi connectivity index (χ4n) is 1.62. The van der Waals surface area contributed by atoms with Gasteiger partial charge in [0.25, 0.3) is 11.7 Å². The molecule has 0 spiro atoms. The van der Waals surface area contributed by atoms with Crippen LogP contribution in [0.3, 0.4) is 0 Å². The molecule has 0 aromatic heterocycles. The van der Waals surface area contributed by atoms with Crippen molar-refractivity contribution in [2.45, 2.75) is 0 Å². The van der Waals surface area contributed by atoms with E-state index < -0.39 is 11.7 Å². The normalized spacial score (nSPS) is 13.4. The smallest absolute Gasteiger partial charge is 0.296 e. The second kappa shape index (κ2) is 4.51. The summed E-state index contributed by atoms with van der Waals surface area (Å²) < 4.78 is 0. The minimum Gasteiger partial charge on any atom is -0.318 e. The van der Waals surface area contributed by atoms with Crippen molar-refractivity contribution < 1.29 is 9.59 Å². The van der Waals surface area contributed by atoms with Crippen LogP contribution in [0, 0.1) is 0 Å². The molecular weight excluding hydrogens is 220 g/mol. The molecule has 0 saturated carbocycles. The fourth-order valence-corrected chi connectivity index (χ4v) is 1.62. The average Bonchev–Trinajstić information content (AvgIpc) is 2.62. The summed E-state index contributed by atoms with van der Waals surface area (Å²) in [4.78, 5) is 25.4. The zero-order valence-corrected chi connectivity index (χ0v) is 8.75. The number of anilines is 1. The van der Waals surface area contributed by atoms with E-state index in [0.29, 0.717) is 16.8 Å². The topological polar surface area (TPSA) is 94.9 Å². The number of benzene rings is 1. The lowest BCUT2D eigenvalue weighted by Gasteiger charge is -2.00. The molecule has 17 heavy (non-hydrogen) atoms. The standard InChI is InChI=1S/C11H8N4O2/c12-15-13-6-2-4-7-3-1-5-8-9(7)10(16)11(17)14-8/h1-5H,6H2,(H,14,16,17). The van der Waals surface area contributed by atoms with Gasteiger partial charge in [-0.1, -0.05) is 29.4 Å². The first-order valence-electron chi connectivity index (χ1n) is 4.90. The SMILES string of the molecule is [N-]=[N+]=NCC=Cc1cccc2c1C(=O)C(=O)N2. The van der Waals surface area contributed by atoms with Crippen LogP contribution in [0.25, 0.3) is 16.5 Å². The van der Waals surface area contributed by atoms with Crippen LogP contribution in [0.2, 0.25) is 0 Å². The van der Waals surface area contributed by atoms with E-state index in [0.717, 1.165) is 0 Å². The summed E-state index contributed by atoms with van der Waals surface area (Å²) in [5.41, 5.74) is 9.64. The van der Waals surface area contributed by atoms with Crippen molar-refractivity contribution in [3.8, 4) is 0 Å². The Morgan fingerprint density at radius 2 is 2.24 bits per heavy atom. The van der Waals surface area contributed by atoms with Crippen molar-refractivity contribution in [2.24, 2.45) is 5.11 Å². The van der Waals surface area contributed by atoms with Crippen LogP contribution in [0.4, 0.5) is 5.69 Å². The van der Waals surface area contributed by atoms with Gasteiger partial charge in [0.15, 0.2) is 0 Å². The van der Waals surface area contributed by atoms with Gasteiger partial charge in [0, 0.05) is 11.5 Å². The summed E-state index contributed by atoms with van der Waals surface area (Å²) in [6.07, 6.45) is 3.29. The molecule has 1 aliphatic heterocycles. The lowest BCUT2D eigenvalue weighted by Crippen LogP contribution is -2.12. The van der Waals surface area contributed by atoms with Gasteiger partial charge in [-0.25, -0.2) is 0 Å². The minimum absolute atomic E-state index is 0.204. The maximum absolute atomic E-state index is 11.6. The van der Waals surface area contributed by atoms with Gasteiger partial charge in [-0.3, -0.25) is 9.59 Å². The molecule has 6 heteroatoms. The Morgan fingerprint density at radius 1 is 1.41 bits per heavy atom. The summed E-state index contributed by atoms with van der Waals surface area (Å²) >= 11 is 0. The Kier molecular flexibility index (Phi) is 2.89. The maximum Gasteiger partial charge on any atom is 0.296 e. The van der Waals surface area contributed by atoms with Crippen LogP contribution in [-0.4, -0.2) is 18.2 Å². The molecule has 1 N–H and O–H groups in total. The highest BCUT2D eigenvalue weighted by molar-refractivity contribution is 6.52. The summed E-state index contributed by atoms with van der Waals surface area (Å²) in [6, 6.07) is 5.14. The highest BCUT2D eigenvalue weighted by Crippen LogP contribution is 2.26. The second-order valence-electron chi connectivity index (χ2n) is 3.37. The number of nitrogens with zero attached hydrogens (tertiary/aromatic N) is 3. The third-order valence-corrected chi connectivity index (χ3v) is 2.33. The molecule has 1 amide bonds. The van der Waals surface area contributed by atoms with Gasteiger partial charge < -0.3 is 5.32 Å². The van der Waals surface area contributed by atoms with Crippen LogP contribution in [0.1, 0.15) is 15.9 Å². The maximum atomic E-state index is 11.6. The van der Waals surface area contributed by atoms with Crippen molar-refractivity contribution in [2.75, 3.05) is 11.9 Å². The number of hydrogen-bond donors (Lipinski definition) is 1. The Balaban J connectivity index is 2.34. The third kappa shape index (κ3) is 2.02. The number of hydrogen-bond acceptors (Lipinski definition) is 3. The minimum atomic E-state index is -0.615. The van der Waals surface area contributed by atoms with E-state index in [1.54, 1.807) is 30.4 Å². The monoisotopic (exact) mass is 228 g/mol. The van der Waals surface area contributed by atoms with Crippen LogP contribution < -0.4 is 5.32 Å². The van der Waals surface area contributed by atoms with Gasteiger partial charge in [-0.2, -0.15) is 0 Å². The van der Waals surface area contributed by atoms with E-state index in [1.165, 1.54) is 0 Å². The van der Waals surface area contributed by atoms with Gasteiger partial charge in [0.2, 0.25) is 0 Å². The quantitative estimate of drug-likeness (QED) is 0.371. The second-order valence-corrected chi connectivity index (χ2v) is 3.37. The lowest BCUT2D eigenvalue weighted by atomic mass is 10.0. The zero-order chi connectivity index (χ0) is 12.3. The number of azide groups is 1. The van der Waals surface area contributed by atoms with Crippen molar-refractivity contribution in [3.63, 3.8) is 0 Å². The number of Topliss-reactive ketones (excluding diaryl/α,β-unsaturated/α-hetero) is 1. The molecule has 1 aromatic carbocycles. The molecule has 0 saturated heterocycles. The van der Waals surface area contributed by atoms with Gasteiger partial charge >= 0.3 is 0 Å². The molecular formula is C11H8N4O2. The number of ketones is 1. The number of carbonyl (C=O) groups is 2. The van der Waals surface area contributed by atoms with Gasteiger partial charge in [0.1, 0.15) is 0 Å². The highest BCUT2D eigenvalue weighted by Gasteiger charge is 2.29. The van der Waals surface area contributed by atoms with Crippen LogP contribution >= 0.6 is 0 Å². The first-order valence-corrected chi connectivity index (χ1v) is 4.90. The van der Waals surface area contributed by atoms with E-state index in [9.17, 15) is 9.59 Å². The Morgan fingerprint density at radius 3 is 3.00 bits per heavy atom. The summed E-state index contributed by atoms with van der Waals surface area (Å²) in [5.74, 6) is -1.15. The summed E-state index contributed by atoms with van der Waals surface area (Å²) in [5, 5.41) is 5.83. The third-order valence-electron chi connectivity index (χ3n) is 2.33. The van der Waals surface area contributed by atoms with Crippen LogP contribution in [0.15, 0.2) is 29.4 Å². The summed E-state index contributed by atoms with van der Waals surface area (Å²) in [6.45, 7) is 0.204. The molecule has 2 rings (SSSR count). The molecule has 1 aliphatic rings. The number of nitrogens with one attached hydrogen (secondary N) is 1. The Labute approximate surface area is 96.6 Å². The number of rotatable bonds is 3. The van der Waals surface area contributed by atoms with Gasteiger partial charge in [0.05, 0.1) is 11.3 Å². The first kappa shape index (κ1) is 10.9. The molecule has 0 atom stereocenters. The molecule has 84 valence electrons. The van der Waals surface area contributed by atoms with Gasteiger partial charge in [-0.05, 0) is 17.2 Å². The van der Waals surface area contributed by atoms with E-state index in [-0.39, 0.29) is 6.54 Å². The van der Waals surface area contributed by atoms with Gasteiger partial charge in [-0.15, -0.1) is 0 Å². The van der Waals surface area contributed by atoms with Crippen LogP contribution in [-0.2, 0) is 4.79 Å². The predicted molar refractivity (Wildman–Crippen MR) is 62.4 cm³/mol. The van der Waals surface area contributed by atoms with Crippen molar-refractivity contribution >= 4 is 23.5 Å². The summed E-state index contributed by atoms with van der Waals surface area (Å²) in [7, 11) is 0. The fraction of sp³-hybridized carbons (Fsp3) is 0.0909. The largest absolute Gasteiger partial charge is 0.318 e. The lowest BCUT2D eigenvalue weighted by molar-refractivity contribution is -0.112. The molecule has 0 unspecified atom stereocenters. The van der Waals surface area contributed by atoms with Crippen molar-refractivity contribution in [1.29, 1.82) is 0 Å². The molecule has 6 nitrogen and oxygen atoms in total. The number of fused-ring (bicyclic) bond motifs is 1. The number of carbonyl (C=O) groups excluding carboxylic acids is 2. The predicted octanol–water partition coefficient (Wildman–Crippen LogP) is 2.14. The highest BCUT2D eigenvalue weighted by atomic mass is 16.2. The van der Waals surface area contributed by atoms with E-state index >= 15 is 0 Å². The van der Waals surface area contributed by atoms with E-state index in [1.807, 2.05) is 0 Å². The van der Waals surface area contributed by atoms with Crippen molar-refractivity contribution in [3.05, 3.63) is 45.8 Å². The van der Waals surface area contributed by atoms with Crippen molar-refractivity contribution in [1.82, 2.24) is 0 Å². The Bertz CT molecular complexity index is 571. The molecule has 1 heterocycles. The van der Waals surface area contributed by atoms with Crippen LogP contribution in [0.5, 0.6) is 0 Å². The first-order chi connectivity index (χ1) is 8.24. The molecule has 0 radical (unpaired) electrons. The molecule has 0 fully saturated rings. The average molecular weight is 228 g/mol. The molecule has 0 aliphatic carbocycles. The molecule has 1 aromatic rings. The zero-order valence-electron chi connectivity index (χ0n) is 8.75.